The highest BCUT2D eigenvalue weighted by molar-refractivity contribution is 5.80. The molecule has 31 heavy (non-hydrogen) atoms. The molecule has 7 nitrogen and oxygen atoms in total. The number of alkyl halides is 3. The van der Waals surface area contributed by atoms with Gasteiger partial charge in [0.25, 0.3) is 0 Å². The second-order valence-corrected chi connectivity index (χ2v) is 6.64. The Hall–Kier alpha value is -3.95. The fourth-order valence-electron chi connectivity index (χ4n) is 2.91. The van der Waals surface area contributed by atoms with Crippen LogP contribution in [0.2, 0.25) is 0 Å². The van der Waals surface area contributed by atoms with Crippen molar-refractivity contribution in [3.8, 4) is 28.5 Å². The number of aliphatic carboxylic acids is 1. The minimum absolute atomic E-state index is 0.0225. The Bertz CT molecular complexity index is 1220. The number of rotatable bonds is 6. The van der Waals surface area contributed by atoms with Gasteiger partial charge in [-0.3, -0.25) is 4.79 Å². The summed E-state index contributed by atoms with van der Waals surface area (Å²) >= 11 is 0. The molecular formula is C21H15F3N4O3. The number of halogens is 3. The molecule has 0 aliphatic heterocycles. The summed E-state index contributed by atoms with van der Waals surface area (Å²) in [6.07, 6.45) is -1.46. The summed E-state index contributed by atoms with van der Waals surface area (Å²) < 4.78 is 43.8. The topological polar surface area (TPSA) is 101 Å². The van der Waals surface area contributed by atoms with Gasteiger partial charge in [-0.25, -0.2) is 15.0 Å². The number of benzene rings is 2. The van der Waals surface area contributed by atoms with E-state index in [-0.39, 0.29) is 24.6 Å². The van der Waals surface area contributed by atoms with E-state index in [1.165, 1.54) is 6.07 Å². The number of carboxylic acid groups (broad SMARTS) is 1. The smallest absolute Gasteiger partial charge is 0.416 e. The Morgan fingerprint density at radius 2 is 1.68 bits per heavy atom. The molecule has 0 spiro atoms. The molecule has 0 aliphatic carbocycles. The van der Waals surface area contributed by atoms with Crippen molar-refractivity contribution in [1.82, 2.24) is 19.9 Å². The van der Waals surface area contributed by atoms with E-state index in [4.69, 9.17) is 9.84 Å². The summed E-state index contributed by atoms with van der Waals surface area (Å²) in [7, 11) is 0. The van der Waals surface area contributed by atoms with Gasteiger partial charge in [0.1, 0.15) is 12.4 Å². The highest BCUT2D eigenvalue weighted by Gasteiger charge is 2.30. The van der Waals surface area contributed by atoms with Crippen molar-refractivity contribution in [1.29, 1.82) is 0 Å². The monoisotopic (exact) mass is 428 g/mol. The number of nitrogens with one attached hydrogen (secondary N) is 1. The van der Waals surface area contributed by atoms with Crippen LogP contribution in [0.5, 0.6) is 6.01 Å². The van der Waals surface area contributed by atoms with Crippen molar-refractivity contribution < 1.29 is 27.8 Å². The zero-order chi connectivity index (χ0) is 22.0. The highest BCUT2D eigenvalue weighted by atomic mass is 19.4. The number of carboxylic acids is 1. The Morgan fingerprint density at radius 1 is 1.00 bits per heavy atom. The number of ether oxygens (including phenoxy) is 1. The average molecular weight is 428 g/mol. The van der Waals surface area contributed by atoms with Crippen LogP contribution in [0.1, 0.15) is 12.0 Å². The SMILES string of the molecule is O=C(O)CCOc1ncc(-c2ccc(-c3nc4cc(C(F)(F)F)ccc4[nH]3)cc2)cn1. The number of fused-ring (bicyclic) bond motifs is 1. The zero-order valence-electron chi connectivity index (χ0n) is 15.8. The number of carbonyl (C=O) groups is 1. The van der Waals surface area contributed by atoms with Gasteiger partial charge >= 0.3 is 18.2 Å². The third-order valence-electron chi connectivity index (χ3n) is 4.48. The van der Waals surface area contributed by atoms with Crippen molar-refractivity contribution in [2.75, 3.05) is 6.61 Å². The van der Waals surface area contributed by atoms with Crippen molar-refractivity contribution >= 4 is 17.0 Å². The first-order valence-corrected chi connectivity index (χ1v) is 9.14. The van der Waals surface area contributed by atoms with Crippen LogP contribution in [-0.4, -0.2) is 37.6 Å². The molecule has 2 aromatic heterocycles. The quantitative estimate of drug-likeness (QED) is 0.467. The number of hydrogen-bond donors (Lipinski definition) is 2. The molecule has 0 saturated carbocycles. The van der Waals surface area contributed by atoms with E-state index in [1.807, 2.05) is 12.1 Å². The van der Waals surface area contributed by atoms with Crippen LogP contribution in [0.4, 0.5) is 13.2 Å². The normalized spacial score (nSPS) is 11.6. The lowest BCUT2D eigenvalue weighted by Gasteiger charge is -2.05. The molecule has 0 fully saturated rings. The fraction of sp³-hybridized carbons (Fsp3) is 0.143. The predicted molar refractivity (Wildman–Crippen MR) is 105 cm³/mol. The van der Waals surface area contributed by atoms with Crippen LogP contribution in [0.15, 0.2) is 54.9 Å². The minimum atomic E-state index is -4.42. The first-order chi connectivity index (χ1) is 14.8. The predicted octanol–water partition coefficient (Wildman–Crippen LogP) is 4.56. The van der Waals surface area contributed by atoms with E-state index >= 15 is 0 Å². The number of aromatic nitrogens is 4. The van der Waals surface area contributed by atoms with Gasteiger partial charge < -0.3 is 14.8 Å². The lowest BCUT2D eigenvalue weighted by molar-refractivity contribution is -0.138. The van der Waals surface area contributed by atoms with E-state index in [0.29, 0.717) is 16.9 Å². The first-order valence-electron chi connectivity index (χ1n) is 9.14. The second-order valence-electron chi connectivity index (χ2n) is 6.64. The molecule has 2 aromatic carbocycles. The standard InChI is InChI=1S/C21H15F3N4O3/c22-21(23,24)15-5-6-16-17(9-15)28-19(27-16)13-3-1-12(2-4-13)14-10-25-20(26-11-14)31-8-7-18(29)30/h1-6,9-11H,7-8H2,(H,27,28)(H,29,30). The summed E-state index contributed by atoms with van der Waals surface area (Å²) in [6, 6.07) is 10.7. The third-order valence-corrected chi connectivity index (χ3v) is 4.48. The Kier molecular flexibility index (Phi) is 5.28. The summed E-state index contributed by atoms with van der Waals surface area (Å²) in [5.74, 6) is -0.513. The molecule has 4 aromatic rings. The number of hydrogen-bond acceptors (Lipinski definition) is 5. The van der Waals surface area contributed by atoms with Crippen LogP contribution in [0, 0.1) is 0 Å². The molecule has 4 rings (SSSR count). The van der Waals surface area contributed by atoms with Crippen LogP contribution in [0.3, 0.4) is 0 Å². The van der Waals surface area contributed by atoms with Crippen molar-refractivity contribution in [3.63, 3.8) is 0 Å². The molecule has 0 radical (unpaired) electrons. The minimum Gasteiger partial charge on any atom is -0.481 e. The lowest BCUT2D eigenvalue weighted by Crippen LogP contribution is -2.06. The number of H-pyrrole nitrogens is 1. The molecule has 0 saturated heterocycles. The zero-order valence-corrected chi connectivity index (χ0v) is 15.8. The maximum atomic E-state index is 12.9. The molecule has 0 unspecified atom stereocenters. The van der Waals surface area contributed by atoms with Crippen LogP contribution < -0.4 is 4.74 Å². The fourth-order valence-corrected chi connectivity index (χ4v) is 2.91. The van der Waals surface area contributed by atoms with Gasteiger partial charge in [-0.15, -0.1) is 0 Å². The van der Waals surface area contributed by atoms with Gasteiger partial charge in [0.05, 0.1) is 23.0 Å². The van der Waals surface area contributed by atoms with E-state index < -0.39 is 17.7 Å². The highest BCUT2D eigenvalue weighted by Crippen LogP contribution is 2.32. The van der Waals surface area contributed by atoms with Crippen molar-refractivity contribution in [3.05, 3.63) is 60.4 Å². The van der Waals surface area contributed by atoms with Gasteiger partial charge in [-0.05, 0) is 23.8 Å². The van der Waals surface area contributed by atoms with Crippen molar-refractivity contribution in [2.45, 2.75) is 12.6 Å². The largest absolute Gasteiger partial charge is 0.481 e. The summed E-state index contributed by atoms with van der Waals surface area (Å²) in [5.41, 5.74) is 2.25. The van der Waals surface area contributed by atoms with Crippen LogP contribution >= 0.6 is 0 Å². The lowest BCUT2D eigenvalue weighted by atomic mass is 10.1. The molecule has 2 N–H and O–H groups in total. The number of nitrogens with zero attached hydrogens (tertiary/aromatic N) is 3. The molecule has 0 bridgehead atoms. The van der Waals surface area contributed by atoms with Gasteiger partial charge in [0.2, 0.25) is 0 Å². The molecule has 2 heterocycles. The average Bonchev–Trinajstić information content (AvgIpc) is 3.17. The van der Waals surface area contributed by atoms with Gasteiger partial charge in [-0.2, -0.15) is 13.2 Å². The molecular weight excluding hydrogens is 413 g/mol. The Labute approximate surface area is 173 Å². The van der Waals surface area contributed by atoms with Gasteiger partial charge in [0, 0.05) is 23.5 Å². The Balaban J connectivity index is 1.51. The molecule has 0 atom stereocenters. The van der Waals surface area contributed by atoms with E-state index in [2.05, 4.69) is 19.9 Å². The molecule has 0 aliphatic rings. The molecule has 158 valence electrons. The van der Waals surface area contributed by atoms with Gasteiger partial charge in [-0.1, -0.05) is 24.3 Å². The molecule has 10 heteroatoms. The first kappa shape index (κ1) is 20.3. The van der Waals surface area contributed by atoms with Gasteiger partial charge in [0.15, 0.2) is 0 Å². The summed E-state index contributed by atoms with van der Waals surface area (Å²) in [6.45, 7) is -0.0225. The van der Waals surface area contributed by atoms with E-state index in [1.54, 1.807) is 24.5 Å². The maximum absolute atomic E-state index is 12.9. The van der Waals surface area contributed by atoms with Crippen LogP contribution in [-0.2, 0) is 11.0 Å². The maximum Gasteiger partial charge on any atom is 0.416 e. The second kappa shape index (κ2) is 8.05. The number of aromatic amines is 1. The van der Waals surface area contributed by atoms with E-state index in [0.717, 1.165) is 23.3 Å². The van der Waals surface area contributed by atoms with Crippen LogP contribution in [0.25, 0.3) is 33.5 Å². The van der Waals surface area contributed by atoms with E-state index in [9.17, 15) is 18.0 Å². The molecule has 0 amide bonds. The summed E-state index contributed by atoms with van der Waals surface area (Å²) in [5, 5.41) is 8.60. The third kappa shape index (κ3) is 4.63. The van der Waals surface area contributed by atoms with Crippen molar-refractivity contribution in [2.24, 2.45) is 0 Å². The Morgan fingerprint density at radius 3 is 2.32 bits per heavy atom. The summed E-state index contributed by atoms with van der Waals surface area (Å²) in [4.78, 5) is 25.9. The number of imidazole rings is 1.